The SMILES string of the molecule is CCNC(c1ccc(S(C)(=O)=O)cc1)c1c(Br)nnn1C. The lowest BCUT2D eigenvalue weighted by molar-refractivity contribution is 0.566. The molecule has 0 saturated carbocycles. The lowest BCUT2D eigenvalue weighted by atomic mass is 10.0. The van der Waals surface area contributed by atoms with Gasteiger partial charge < -0.3 is 5.32 Å². The van der Waals surface area contributed by atoms with E-state index < -0.39 is 9.84 Å². The molecule has 0 bridgehead atoms. The molecular weight excluding hydrogens is 356 g/mol. The molecule has 0 amide bonds. The highest BCUT2D eigenvalue weighted by Crippen LogP contribution is 2.27. The van der Waals surface area contributed by atoms with Crippen LogP contribution in [-0.4, -0.2) is 36.2 Å². The molecule has 0 fully saturated rings. The van der Waals surface area contributed by atoms with E-state index in [4.69, 9.17) is 0 Å². The van der Waals surface area contributed by atoms with Crippen molar-refractivity contribution in [1.29, 1.82) is 0 Å². The highest BCUT2D eigenvalue weighted by Gasteiger charge is 2.21. The second-order valence-electron chi connectivity index (χ2n) is 4.72. The minimum atomic E-state index is -3.19. The second-order valence-corrected chi connectivity index (χ2v) is 7.49. The van der Waals surface area contributed by atoms with Gasteiger partial charge in [-0.3, -0.25) is 0 Å². The van der Waals surface area contributed by atoms with Crippen molar-refractivity contribution in [2.75, 3.05) is 12.8 Å². The number of rotatable bonds is 5. The van der Waals surface area contributed by atoms with Crippen LogP contribution in [0.3, 0.4) is 0 Å². The fourth-order valence-corrected chi connectivity index (χ4v) is 3.32. The van der Waals surface area contributed by atoms with Gasteiger partial charge in [0.05, 0.1) is 16.6 Å². The zero-order chi connectivity index (χ0) is 15.6. The van der Waals surface area contributed by atoms with Gasteiger partial charge >= 0.3 is 0 Å². The van der Waals surface area contributed by atoms with Crippen LogP contribution in [0.2, 0.25) is 0 Å². The molecule has 1 heterocycles. The van der Waals surface area contributed by atoms with Crippen LogP contribution in [0.15, 0.2) is 33.8 Å². The van der Waals surface area contributed by atoms with E-state index in [2.05, 4.69) is 31.6 Å². The third-order valence-electron chi connectivity index (χ3n) is 3.15. The van der Waals surface area contributed by atoms with Gasteiger partial charge in [0.2, 0.25) is 0 Å². The molecule has 2 aromatic rings. The molecule has 0 radical (unpaired) electrons. The van der Waals surface area contributed by atoms with Gasteiger partial charge in [0.25, 0.3) is 0 Å². The van der Waals surface area contributed by atoms with Crippen LogP contribution in [0.25, 0.3) is 0 Å². The number of aryl methyl sites for hydroxylation is 1. The van der Waals surface area contributed by atoms with E-state index in [1.54, 1.807) is 16.8 Å². The summed E-state index contributed by atoms with van der Waals surface area (Å²) in [4.78, 5) is 0.309. The zero-order valence-electron chi connectivity index (χ0n) is 12.0. The van der Waals surface area contributed by atoms with Crippen LogP contribution in [-0.2, 0) is 16.9 Å². The number of hydrogen-bond acceptors (Lipinski definition) is 5. The Hall–Kier alpha value is -1.25. The van der Waals surface area contributed by atoms with E-state index in [1.807, 2.05) is 26.1 Å². The Balaban J connectivity index is 2.44. The Morgan fingerprint density at radius 1 is 1.33 bits per heavy atom. The third kappa shape index (κ3) is 3.50. The highest BCUT2D eigenvalue weighted by molar-refractivity contribution is 9.10. The first-order chi connectivity index (χ1) is 9.84. The van der Waals surface area contributed by atoms with Gasteiger partial charge in [-0.1, -0.05) is 24.3 Å². The first kappa shape index (κ1) is 16.1. The molecule has 2 rings (SSSR count). The molecular formula is C13H17BrN4O2S. The van der Waals surface area contributed by atoms with Crippen molar-refractivity contribution in [1.82, 2.24) is 20.3 Å². The summed E-state index contributed by atoms with van der Waals surface area (Å²) in [5.74, 6) is 0. The predicted molar refractivity (Wildman–Crippen MR) is 83.8 cm³/mol. The minimum Gasteiger partial charge on any atom is -0.305 e. The topological polar surface area (TPSA) is 76.9 Å². The number of sulfone groups is 1. The van der Waals surface area contributed by atoms with Crippen molar-refractivity contribution in [3.8, 4) is 0 Å². The molecule has 0 spiro atoms. The second kappa shape index (κ2) is 6.25. The summed E-state index contributed by atoms with van der Waals surface area (Å²) < 4.78 is 25.4. The molecule has 0 aliphatic heterocycles. The summed E-state index contributed by atoms with van der Waals surface area (Å²) in [6.07, 6.45) is 1.20. The van der Waals surface area contributed by atoms with E-state index in [0.29, 0.717) is 9.50 Å². The molecule has 114 valence electrons. The van der Waals surface area contributed by atoms with Gasteiger partial charge in [-0.05, 0) is 40.2 Å². The van der Waals surface area contributed by atoms with Gasteiger partial charge in [-0.2, -0.15) is 0 Å². The lowest BCUT2D eigenvalue weighted by Gasteiger charge is -2.19. The van der Waals surface area contributed by atoms with Gasteiger partial charge in [0, 0.05) is 13.3 Å². The first-order valence-corrected chi connectivity index (χ1v) is 9.11. The normalized spacial score (nSPS) is 13.3. The summed E-state index contributed by atoms with van der Waals surface area (Å²) in [6.45, 7) is 2.77. The molecule has 8 heteroatoms. The summed E-state index contributed by atoms with van der Waals surface area (Å²) in [5, 5.41) is 11.3. The van der Waals surface area contributed by atoms with Crippen LogP contribution in [0.1, 0.15) is 24.2 Å². The molecule has 1 aromatic heterocycles. The van der Waals surface area contributed by atoms with Crippen molar-refractivity contribution in [2.45, 2.75) is 17.9 Å². The van der Waals surface area contributed by atoms with Crippen molar-refractivity contribution in [2.24, 2.45) is 7.05 Å². The smallest absolute Gasteiger partial charge is 0.175 e. The Bertz CT molecular complexity index is 706. The van der Waals surface area contributed by atoms with Gasteiger partial charge in [-0.15, -0.1) is 5.10 Å². The van der Waals surface area contributed by atoms with Crippen LogP contribution in [0, 0.1) is 0 Å². The van der Waals surface area contributed by atoms with E-state index >= 15 is 0 Å². The summed E-state index contributed by atoms with van der Waals surface area (Å²) >= 11 is 3.40. The van der Waals surface area contributed by atoms with Crippen LogP contribution < -0.4 is 5.32 Å². The van der Waals surface area contributed by atoms with Gasteiger partial charge in [0.1, 0.15) is 0 Å². The molecule has 1 atom stereocenters. The standard InChI is InChI=1S/C13H17BrN4O2S/c1-4-15-11(12-13(14)16-17-18(12)2)9-5-7-10(8-6-9)21(3,19)20/h5-8,11,15H,4H2,1-3H3. The number of hydrogen-bond donors (Lipinski definition) is 1. The van der Waals surface area contributed by atoms with Crippen LogP contribution in [0.4, 0.5) is 0 Å². The van der Waals surface area contributed by atoms with Gasteiger partial charge in [0.15, 0.2) is 14.4 Å². The molecule has 6 nitrogen and oxygen atoms in total. The Labute approximate surface area is 132 Å². The predicted octanol–water partition coefficient (Wildman–Crippen LogP) is 1.68. The van der Waals surface area contributed by atoms with E-state index in [-0.39, 0.29) is 6.04 Å². The number of benzene rings is 1. The molecule has 0 aliphatic carbocycles. The maximum atomic E-state index is 11.5. The van der Waals surface area contributed by atoms with Gasteiger partial charge in [-0.25, -0.2) is 13.1 Å². The number of aromatic nitrogens is 3. The average molecular weight is 373 g/mol. The summed E-state index contributed by atoms with van der Waals surface area (Å²) in [7, 11) is -1.37. The van der Waals surface area contributed by atoms with Crippen molar-refractivity contribution in [3.05, 3.63) is 40.1 Å². The van der Waals surface area contributed by atoms with E-state index in [1.165, 1.54) is 6.26 Å². The van der Waals surface area contributed by atoms with Crippen LogP contribution in [0.5, 0.6) is 0 Å². The summed E-state index contributed by atoms with van der Waals surface area (Å²) in [5.41, 5.74) is 1.85. The molecule has 1 aromatic carbocycles. The van der Waals surface area contributed by atoms with Crippen molar-refractivity contribution >= 4 is 25.8 Å². The fraction of sp³-hybridized carbons (Fsp3) is 0.385. The minimum absolute atomic E-state index is 0.113. The highest BCUT2D eigenvalue weighted by atomic mass is 79.9. The molecule has 1 unspecified atom stereocenters. The zero-order valence-corrected chi connectivity index (χ0v) is 14.4. The lowest BCUT2D eigenvalue weighted by Crippen LogP contribution is -2.24. The molecule has 0 aliphatic rings. The van der Waals surface area contributed by atoms with Crippen molar-refractivity contribution < 1.29 is 8.42 Å². The van der Waals surface area contributed by atoms with Crippen molar-refractivity contribution in [3.63, 3.8) is 0 Å². The third-order valence-corrected chi connectivity index (χ3v) is 4.84. The average Bonchev–Trinajstić information content (AvgIpc) is 2.75. The number of halogens is 1. The Kier molecular flexibility index (Phi) is 4.80. The molecule has 21 heavy (non-hydrogen) atoms. The molecule has 0 saturated heterocycles. The molecule has 1 N–H and O–H groups in total. The van der Waals surface area contributed by atoms with E-state index in [9.17, 15) is 8.42 Å². The first-order valence-electron chi connectivity index (χ1n) is 6.43. The monoisotopic (exact) mass is 372 g/mol. The maximum absolute atomic E-state index is 11.5. The fourth-order valence-electron chi connectivity index (χ4n) is 2.13. The largest absolute Gasteiger partial charge is 0.305 e. The quantitative estimate of drug-likeness (QED) is 0.863. The Morgan fingerprint density at radius 3 is 2.38 bits per heavy atom. The van der Waals surface area contributed by atoms with E-state index in [0.717, 1.165) is 17.8 Å². The van der Waals surface area contributed by atoms with Crippen LogP contribution >= 0.6 is 15.9 Å². The maximum Gasteiger partial charge on any atom is 0.175 e. The summed E-state index contributed by atoms with van der Waals surface area (Å²) in [6, 6.07) is 6.74. The Morgan fingerprint density at radius 2 is 1.95 bits per heavy atom. The number of nitrogens with zero attached hydrogens (tertiary/aromatic N) is 3. The number of nitrogens with one attached hydrogen (secondary N) is 1.